The first-order valence-corrected chi connectivity index (χ1v) is 7.99. The van der Waals surface area contributed by atoms with Crippen LogP contribution in [0, 0.1) is 0 Å². The molecule has 2 heterocycles. The third-order valence-electron chi connectivity index (χ3n) is 3.09. The highest BCUT2D eigenvalue weighted by Crippen LogP contribution is 2.13. The summed E-state index contributed by atoms with van der Waals surface area (Å²) in [7, 11) is -3.00. The molecule has 0 spiro atoms. The number of aromatic nitrogens is 1. The summed E-state index contributed by atoms with van der Waals surface area (Å²) in [5.74, 6) is 0.144. The van der Waals surface area contributed by atoms with E-state index in [9.17, 15) is 13.2 Å². The van der Waals surface area contributed by atoms with Crippen molar-refractivity contribution < 1.29 is 13.2 Å². The van der Waals surface area contributed by atoms with Crippen LogP contribution >= 0.6 is 0 Å². The zero-order valence-corrected chi connectivity index (χ0v) is 11.5. The number of nitrogens with zero attached hydrogens (tertiary/aromatic N) is 1. The summed E-state index contributed by atoms with van der Waals surface area (Å²) in [6.45, 7) is 1.92. The van der Waals surface area contributed by atoms with Crippen LogP contribution in [0.4, 0.5) is 5.82 Å². The van der Waals surface area contributed by atoms with Crippen LogP contribution < -0.4 is 11.1 Å². The van der Waals surface area contributed by atoms with Gasteiger partial charge in [0.2, 0.25) is 0 Å². The Bertz CT molecular complexity index is 598. The molecule has 1 aliphatic heterocycles. The van der Waals surface area contributed by atoms with E-state index in [1.807, 2.05) is 6.92 Å². The number of amides is 1. The van der Waals surface area contributed by atoms with Gasteiger partial charge in [0.1, 0.15) is 5.82 Å². The smallest absolute Gasteiger partial charge is 0.251 e. The quantitative estimate of drug-likeness (QED) is 0.821. The lowest BCUT2D eigenvalue weighted by Crippen LogP contribution is -2.35. The molecule has 3 N–H and O–H groups in total. The summed E-state index contributed by atoms with van der Waals surface area (Å²) in [6.07, 6.45) is 1.15. The van der Waals surface area contributed by atoms with Crippen molar-refractivity contribution in [1.29, 1.82) is 0 Å². The molecule has 0 bridgehead atoms. The molecule has 2 rings (SSSR count). The molecular formula is C12H17N3O3S. The Balaban J connectivity index is 2.10. The van der Waals surface area contributed by atoms with Gasteiger partial charge in [-0.05, 0) is 25.0 Å². The Morgan fingerprint density at radius 1 is 1.53 bits per heavy atom. The number of hydrogen-bond donors (Lipinski definition) is 2. The normalized spacial score (nSPS) is 21.2. The van der Waals surface area contributed by atoms with E-state index >= 15 is 0 Å². The number of rotatable bonds is 3. The summed E-state index contributed by atoms with van der Waals surface area (Å²) in [4.78, 5) is 16.1. The highest BCUT2D eigenvalue weighted by Gasteiger charge is 2.29. The zero-order valence-electron chi connectivity index (χ0n) is 10.7. The number of hydrogen-bond acceptors (Lipinski definition) is 5. The molecule has 1 fully saturated rings. The maximum Gasteiger partial charge on any atom is 0.251 e. The van der Waals surface area contributed by atoms with Crippen LogP contribution in [0.3, 0.4) is 0 Å². The van der Waals surface area contributed by atoms with E-state index in [0.29, 0.717) is 24.2 Å². The molecule has 1 aromatic heterocycles. The Labute approximate surface area is 112 Å². The second-order valence-electron chi connectivity index (χ2n) is 4.70. The number of nitrogen functional groups attached to an aromatic ring is 1. The molecule has 1 unspecified atom stereocenters. The first-order chi connectivity index (χ1) is 8.89. The predicted molar refractivity (Wildman–Crippen MR) is 72.6 cm³/mol. The minimum absolute atomic E-state index is 0.0138. The molecule has 1 aromatic rings. The van der Waals surface area contributed by atoms with E-state index in [0.717, 1.165) is 5.69 Å². The fraction of sp³-hybridized carbons (Fsp3) is 0.500. The summed E-state index contributed by atoms with van der Waals surface area (Å²) >= 11 is 0. The average molecular weight is 283 g/mol. The molecule has 7 heteroatoms. The van der Waals surface area contributed by atoms with Gasteiger partial charge in [0, 0.05) is 17.3 Å². The van der Waals surface area contributed by atoms with Gasteiger partial charge >= 0.3 is 0 Å². The van der Waals surface area contributed by atoms with Crippen LogP contribution in [-0.2, 0) is 16.3 Å². The van der Waals surface area contributed by atoms with Crippen LogP contribution in [0.1, 0.15) is 29.4 Å². The minimum Gasteiger partial charge on any atom is -0.384 e. The van der Waals surface area contributed by atoms with E-state index in [1.165, 1.54) is 6.07 Å². The molecule has 0 aromatic carbocycles. The van der Waals surface area contributed by atoms with Crippen molar-refractivity contribution in [2.45, 2.75) is 25.8 Å². The fourth-order valence-corrected chi connectivity index (χ4v) is 3.77. The Morgan fingerprint density at radius 2 is 2.26 bits per heavy atom. The molecule has 6 nitrogen and oxygen atoms in total. The number of nitrogens with two attached hydrogens (primary N) is 1. The summed E-state index contributed by atoms with van der Waals surface area (Å²) in [5, 5.41) is 2.73. The van der Waals surface area contributed by atoms with Gasteiger partial charge in [0.15, 0.2) is 9.84 Å². The van der Waals surface area contributed by atoms with Crippen LogP contribution in [0.2, 0.25) is 0 Å². The largest absolute Gasteiger partial charge is 0.384 e. The maximum atomic E-state index is 12.0. The predicted octanol–water partition coefficient (Wildman–Crippen LogP) is 0.143. The van der Waals surface area contributed by atoms with E-state index in [2.05, 4.69) is 10.3 Å². The van der Waals surface area contributed by atoms with Gasteiger partial charge in [0.05, 0.1) is 11.5 Å². The number of nitrogens with one attached hydrogen (secondary N) is 1. The van der Waals surface area contributed by atoms with Crippen LogP contribution in [0.15, 0.2) is 12.1 Å². The average Bonchev–Trinajstić information content (AvgIpc) is 2.67. The number of anilines is 1. The second-order valence-corrected chi connectivity index (χ2v) is 6.93. The highest BCUT2D eigenvalue weighted by molar-refractivity contribution is 7.91. The third-order valence-corrected chi connectivity index (χ3v) is 4.86. The molecule has 0 radical (unpaired) electrons. The van der Waals surface area contributed by atoms with Gasteiger partial charge < -0.3 is 11.1 Å². The molecule has 0 aliphatic carbocycles. The SMILES string of the molecule is CCc1cc(C(=O)NC2CCS(=O)(=O)C2)cc(N)n1. The molecule has 1 atom stereocenters. The molecule has 1 saturated heterocycles. The van der Waals surface area contributed by atoms with Crippen molar-refractivity contribution in [2.24, 2.45) is 0 Å². The van der Waals surface area contributed by atoms with E-state index < -0.39 is 9.84 Å². The van der Waals surface area contributed by atoms with Crippen molar-refractivity contribution in [3.05, 3.63) is 23.4 Å². The second kappa shape index (κ2) is 5.16. The summed E-state index contributed by atoms with van der Waals surface area (Å²) in [5.41, 5.74) is 6.80. The first kappa shape index (κ1) is 13.8. The Morgan fingerprint density at radius 3 is 2.84 bits per heavy atom. The van der Waals surface area contributed by atoms with E-state index in [-0.39, 0.29) is 23.5 Å². The summed E-state index contributed by atoms with van der Waals surface area (Å²) < 4.78 is 22.7. The molecule has 1 amide bonds. The zero-order chi connectivity index (χ0) is 14.0. The molecule has 104 valence electrons. The minimum atomic E-state index is -3.00. The first-order valence-electron chi connectivity index (χ1n) is 6.17. The lowest BCUT2D eigenvalue weighted by atomic mass is 10.1. The molecule has 0 saturated carbocycles. The lowest BCUT2D eigenvalue weighted by molar-refractivity contribution is 0.0941. The third kappa shape index (κ3) is 3.44. The van der Waals surface area contributed by atoms with Gasteiger partial charge in [-0.3, -0.25) is 4.79 Å². The number of pyridine rings is 1. The van der Waals surface area contributed by atoms with Crippen molar-refractivity contribution in [1.82, 2.24) is 10.3 Å². The van der Waals surface area contributed by atoms with Gasteiger partial charge in [0.25, 0.3) is 5.91 Å². The van der Waals surface area contributed by atoms with Crippen LogP contribution in [-0.4, -0.2) is 36.9 Å². The number of carbonyl (C=O) groups excluding carboxylic acids is 1. The van der Waals surface area contributed by atoms with Gasteiger partial charge in [-0.15, -0.1) is 0 Å². The van der Waals surface area contributed by atoms with Crippen LogP contribution in [0.5, 0.6) is 0 Å². The number of aryl methyl sites for hydroxylation is 1. The highest BCUT2D eigenvalue weighted by atomic mass is 32.2. The standard InChI is InChI=1S/C12H17N3O3S/c1-2-9-5-8(6-11(13)14-9)12(16)15-10-3-4-19(17,18)7-10/h5-6,10H,2-4,7H2,1H3,(H2,13,14)(H,15,16). The number of carbonyl (C=O) groups is 1. The molecule has 19 heavy (non-hydrogen) atoms. The van der Waals surface area contributed by atoms with Gasteiger partial charge in [-0.25, -0.2) is 13.4 Å². The topological polar surface area (TPSA) is 102 Å². The Kier molecular flexibility index (Phi) is 3.75. The summed E-state index contributed by atoms with van der Waals surface area (Å²) in [6, 6.07) is 2.87. The van der Waals surface area contributed by atoms with Crippen molar-refractivity contribution in [2.75, 3.05) is 17.2 Å². The fourth-order valence-electron chi connectivity index (χ4n) is 2.10. The van der Waals surface area contributed by atoms with E-state index in [1.54, 1.807) is 6.07 Å². The number of sulfone groups is 1. The molecular weight excluding hydrogens is 266 g/mol. The van der Waals surface area contributed by atoms with Crippen molar-refractivity contribution >= 4 is 21.6 Å². The Hall–Kier alpha value is -1.63. The van der Waals surface area contributed by atoms with Crippen LogP contribution in [0.25, 0.3) is 0 Å². The lowest BCUT2D eigenvalue weighted by Gasteiger charge is -2.11. The molecule has 1 aliphatic rings. The van der Waals surface area contributed by atoms with E-state index in [4.69, 9.17) is 5.73 Å². The van der Waals surface area contributed by atoms with Crippen molar-refractivity contribution in [3.8, 4) is 0 Å². The van der Waals surface area contributed by atoms with Gasteiger partial charge in [-0.2, -0.15) is 0 Å². The monoisotopic (exact) mass is 283 g/mol. The maximum absolute atomic E-state index is 12.0. The van der Waals surface area contributed by atoms with Crippen molar-refractivity contribution in [3.63, 3.8) is 0 Å². The van der Waals surface area contributed by atoms with Gasteiger partial charge in [-0.1, -0.05) is 6.92 Å².